The fourth-order valence-electron chi connectivity index (χ4n) is 7.01. The summed E-state index contributed by atoms with van der Waals surface area (Å²) in [6.45, 7) is 5.43. The molecule has 0 radical (unpaired) electrons. The fourth-order valence-corrected chi connectivity index (χ4v) is 7.74. The van der Waals surface area contributed by atoms with Gasteiger partial charge in [-0.25, -0.2) is 0 Å². The van der Waals surface area contributed by atoms with E-state index in [-0.39, 0.29) is 25.8 Å². The molecule has 0 aromatic carbocycles. The van der Waals surface area contributed by atoms with Gasteiger partial charge in [-0.05, 0) is 38.5 Å². The van der Waals surface area contributed by atoms with Gasteiger partial charge in [0.25, 0.3) is 7.82 Å². The molecule has 2 atom stereocenters. The molecule has 0 heterocycles. The van der Waals surface area contributed by atoms with Crippen molar-refractivity contribution in [2.45, 2.75) is 238 Å². The van der Waals surface area contributed by atoms with Crippen molar-refractivity contribution >= 4 is 13.8 Å². The van der Waals surface area contributed by atoms with Crippen LogP contribution in [0.4, 0.5) is 0 Å². The summed E-state index contributed by atoms with van der Waals surface area (Å²) in [7, 11) is 1.37. The van der Waals surface area contributed by atoms with Crippen molar-refractivity contribution in [2.75, 3.05) is 54.1 Å². The van der Waals surface area contributed by atoms with Gasteiger partial charge in [0.2, 0.25) is 0 Å². The molecule has 8 nitrogen and oxygen atoms in total. The third-order valence-corrected chi connectivity index (χ3v) is 11.8. The van der Waals surface area contributed by atoms with Crippen LogP contribution in [-0.2, 0) is 27.9 Å². The smallest absolute Gasteiger partial charge is 0.306 e. The minimum atomic E-state index is -4.52. The lowest BCUT2D eigenvalue weighted by molar-refractivity contribution is -0.870. The molecule has 0 amide bonds. The van der Waals surface area contributed by atoms with Crippen LogP contribution in [-0.4, -0.2) is 70.7 Å². The number of ether oxygens (including phenoxy) is 2. The van der Waals surface area contributed by atoms with Gasteiger partial charge in [-0.3, -0.25) is 9.36 Å². The number of hydrogen-bond donors (Lipinski definition) is 0. The maximum Gasteiger partial charge on any atom is 0.306 e. The first kappa shape index (κ1) is 56.2. The summed E-state index contributed by atoms with van der Waals surface area (Å²) < 4.78 is 34.6. The lowest BCUT2D eigenvalue weighted by Gasteiger charge is -2.28. The quantitative estimate of drug-likeness (QED) is 0.0198. The molecule has 0 aromatic rings. The first-order valence-corrected chi connectivity index (χ1v) is 25.9. The average molecular weight is 830 g/mol. The second kappa shape index (κ2) is 42.0. The Morgan fingerprint density at radius 2 is 0.912 bits per heavy atom. The van der Waals surface area contributed by atoms with E-state index in [0.717, 1.165) is 32.1 Å². The molecule has 0 rings (SSSR count). The molecule has 2 unspecified atom stereocenters. The minimum absolute atomic E-state index is 0.0297. The Bertz CT molecular complexity index is 925. The molecular formula is C48H96NO7P. The summed E-state index contributed by atoms with van der Waals surface area (Å²) in [6, 6.07) is 0. The van der Waals surface area contributed by atoms with Crippen LogP contribution >= 0.6 is 7.82 Å². The van der Waals surface area contributed by atoms with Crippen LogP contribution in [0.5, 0.6) is 0 Å². The number of allylic oxidation sites excluding steroid dienone is 2. The number of phosphoric acid groups is 1. The Balaban J connectivity index is 3.94. The Morgan fingerprint density at radius 3 is 1.33 bits per heavy atom. The van der Waals surface area contributed by atoms with Crippen LogP contribution < -0.4 is 4.89 Å². The summed E-state index contributed by atoms with van der Waals surface area (Å²) in [5.74, 6) is -0.333. The van der Waals surface area contributed by atoms with Gasteiger partial charge in [0.15, 0.2) is 0 Å². The summed E-state index contributed by atoms with van der Waals surface area (Å²) in [6.07, 6.45) is 46.8. The van der Waals surface area contributed by atoms with Gasteiger partial charge in [-0.15, -0.1) is 0 Å². The van der Waals surface area contributed by atoms with E-state index >= 15 is 0 Å². The van der Waals surface area contributed by atoms with E-state index in [1.165, 1.54) is 180 Å². The van der Waals surface area contributed by atoms with E-state index in [4.69, 9.17) is 18.5 Å². The number of likely N-dealkylation sites (N-methyl/N-ethyl adjacent to an activating group) is 1. The summed E-state index contributed by atoms with van der Waals surface area (Å²) >= 11 is 0. The molecule has 9 heteroatoms. The van der Waals surface area contributed by atoms with Crippen molar-refractivity contribution in [1.82, 2.24) is 0 Å². The molecule has 0 aliphatic carbocycles. The standard InChI is InChI=1S/C48H96NO7P/c1-6-8-10-12-14-16-17-18-19-20-21-22-23-24-25-26-27-28-29-30-31-32-34-36-38-40-43-53-45-47(46-55-57(51,52)54-44-42-49(3,4)5)56-48(50)41-39-37-35-33-15-13-11-9-7-2/h20-21,47H,6-19,22-46H2,1-5H3/b21-20-. The molecule has 57 heavy (non-hydrogen) atoms. The van der Waals surface area contributed by atoms with Crippen molar-refractivity contribution < 1.29 is 37.3 Å². The van der Waals surface area contributed by atoms with Crippen LogP contribution in [0.15, 0.2) is 12.2 Å². The molecule has 0 N–H and O–H groups in total. The molecule has 0 spiro atoms. The molecular weight excluding hydrogens is 734 g/mol. The van der Waals surface area contributed by atoms with E-state index in [0.29, 0.717) is 24.1 Å². The van der Waals surface area contributed by atoms with Crippen LogP contribution in [0.3, 0.4) is 0 Å². The number of carbonyl (C=O) groups excluding carboxylic acids is 1. The molecule has 0 saturated carbocycles. The Hall–Kier alpha value is -0.760. The highest BCUT2D eigenvalue weighted by Crippen LogP contribution is 2.38. The van der Waals surface area contributed by atoms with Crippen molar-refractivity contribution in [2.24, 2.45) is 0 Å². The predicted octanol–water partition coefficient (Wildman–Crippen LogP) is 14.0. The molecule has 0 aliphatic heterocycles. The summed E-state index contributed by atoms with van der Waals surface area (Å²) in [5.41, 5.74) is 0. The first-order valence-electron chi connectivity index (χ1n) is 24.4. The van der Waals surface area contributed by atoms with Crippen LogP contribution in [0.1, 0.15) is 232 Å². The highest BCUT2D eigenvalue weighted by Gasteiger charge is 2.20. The zero-order valence-electron chi connectivity index (χ0n) is 38.6. The predicted molar refractivity (Wildman–Crippen MR) is 241 cm³/mol. The number of quaternary nitrogens is 1. The number of carbonyl (C=O) groups is 1. The van der Waals surface area contributed by atoms with Gasteiger partial charge in [0.1, 0.15) is 19.3 Å². The first-order chi connectivity index (χ1) is 27.6. The van der Waals surface area contributed by atoms with Gasteiger partial charge in [0.05, 0.1) is 34.4 Å². The molecule has 0 aliphatic rings. The van der Waals surface area contributed by atoms with Crippen molar-refractivity contribution in [3.8, 4) is 0 Å². The zero-order chi connectivity index (χ0) is 42.0. The Kier molecular flexibility index (Phi) is 41.4. The number of phosphoric ester groups is 1. The van der Waals surface area contributed by atoms with E-state index in [2.05, 4.69) is 26.0 Å². The molecule has 0 aromatic heterocycles. The third kappa shape index (κ3) is 46.2. The molecule has 0 bridgehead atoms. The van der Waals surface area contributed by atoms with Crippen molar-refractivity contribution in [1.29, 1.82) is 0 Å². The number of unbranched alkanes of at least 4 members (excludes halogenated alkanes) is 30. The number of rotatable bonds is 46. The Labute approximate surface area is 354 Å². The van der Waals surface area contributed by atoms with Crippen LogP contribution in [0.2, 0.25) is 0 Å². The lowest BCUT2D eigenvalue weighted by atomic mass is 10.0. The van der Waals surface area contributed by atoms with Crippen LogP contribution in [0, 0.1) is 0 Å². The summed E-state index contributed by atoms with van der Waals surface area (Å²) in [5, 5.41) is 0. The third-order valence-electron chi connectivity index (χ3n) is 10.8. The largest absolute Gasteiger partial charge is 0.756 e. The van der Waals surface area contributed by atoms with Gasteiger partial charge in [0, 0.05) is 13.0 Å². The van der Waals surface area contributed by atoms with Gasteiger partial charge in [-0.2, -0.15) is 0 Å². The lowest BCUT2D eigenvalue weighted by Crippen LogP contribution is -2.37. The Morgan fingerprint density at radius 1 is 0.526 bits per heavy atom. The van der Waals surface area contributed by atoms with E-state index in [1.807, 2.05) is 21.1 Å². The second-order valence-corrected chi connectivity index (χ2v) is 19.2. The number of esters is 1. The normalized spacial score (nSPS) is 13.7. The maximum atomic E-state index is 12.6. The van der Waals surface area contributed by atoms with E-state index in [9.17, 15) is 14.3 Å². The molecule has 0 saturated heterocycles. The van der Waals surface area contributed by atoms with E-state index < -0.39 is 13.9 Å². The SMILES string of the molecule is CCCCCCCCCC/C=C\CCCCCCCCCCCCCCCCOCC(COP(=O)([O-])OCC[N+](C)(C)C)OC(=O)CCCCCCCCCCC. The number of hydrogen-bond acceptors (Lipinski definition) is 7. The van der Waals surface area contributed by atoms with Crippen molar-refractivity contribution in [3.05, 3.63) is 12.2 Å². The van der Waals surface area contributed by atoms with Crippen LogP contribution in [0.25, 0.3) is 0 Å². The van der Waals surface area contributed by atoms with E-state index in [1.54, 1.807) is 0 Å². The second-order valence-electron chi connectivity index (χ2n) is 17.8. The molecule has 340 valence electrons. The minimum Gasteiger partial charge on any atom is -0.756 e. The van der Waals surface area contributed by atoms with Gasteiger partial charge >= 0.3 is 5.97 Å². The van der Waals surface area contributed by atoms with Crippen molar-refractivity contribution in [3.63, 3.8) is 0 Å². The maximum absolute atomic E-state index is 12.6. The monoisotopic (exact) mass is 830 g/mol. The highest BCUT2D eigenvalue weighted by atomic mass is 31.2. The zero-order valence-corrected chi connectivity index (χ0v) is 39.5. The number of nitrogens with zero attached hydrogens (tertiary/aromatic N) is 1. The fraction of sp³-hybridized carbons (Fsp3) is 0.938. The highest BCUT2D eigenvalue weighted by molar-refractivity contribution is 7.45. The molecule has 0 fully saturated rings. The van der Waals surface area contributed by atoms with Gasteiger partial charge in [-0.1, -0.05) is 199 Å². The topological polar surface area (TPSA) is 94.1 Å². The summed E-state index contributed by atoms with van der Waals surface area (Å²) in [4.78, 5) is 25.0. The average Bonchev–Trinajstić information content (AvgIpc) is 3.16. The van der Waals surface area contributed by atoms with Gasteiger partial charge < -0.3 is 27.9 Å².